The van der Waals surface area contributed by atoms with Crippen LogP contribution in [0.2, 0.25) is 5.02 Å². The van der Waals surface area contributed by atoms with Crippen LogP contribution in [0.4, 0.5) is 4.39 Å². The Morgan fingerprint density at radius 3 is 2.72 bits per heavy atom. The molecule has 0 radical (unpaired) electrons. The van der Waals surface area contributed by atoms with E-state index in [0.29, 0.717) is 30.3 Å². The number of hydrogen-bond acceptors (Lipinski definition) is 7. The van der Waals surface area contributed by atoms with Gasteiger partial charge in [0.2, 0.25) is 0 Å². The molecule has 11 heteroatoms. The zero-order chi connectivity index (χ0) is 27.4. The van der Waals surface area contributed by atoms with Crippen LogP contribution in [0.25, 0.3) is 11.0 Å². The van der Waals surface area contributed by atoms with Crippen LogP contribution in [-0.4, -0.2) is 62.3 Å². The maximum atomic E-state index is 14.1. The van der Waals surface area contributed by atoms with Gasteiger partial charge in [-0.2, -0.15) is 4.98 Å². The van der Waals surface area contributed by atoms with Gasteiger partial charge >= 0.3 is 12.0 Å². The standard InChI is InChI=1S/C28H29ClFN5O4/c1-38-13-12-35-25-14-19(27(36)37)3-5-24(25)32-26(35)16-34-10-7-18(8-11-34)23-6-9-31-28(33-23)39-17-20-2-4-21(29)15-22(20)30/h2-6,9,14-15,18H,7-8,10-13,16-17H2,1H3,(H,36,37). The number of aromatic nitrogens is 4. The molecule has 5 rings (SSSR count). The third kappa shape index (κ3) is 6.35. The summed E-state index contributed by atoms with van der Waals surface area (Å²) in [5.74, 6) is -0.251. The molecular weight excluding hydrogens is 525 g/mol. The number of nitrogens with zero attached hydrogens (tertiary/aromatic N) is 5. The molecule has 0 saturated carbocycles. The number of imidazole rings is 1. The van der Waals surface area contributed by atoms with E-state index in [1.165, 1.54) is 6.07 Å². The van der Waals surface area contributed by atoms with Crippen molar-refractivity contribution in [2.24, 2.45) is 0 Å². The summed E-state index contributed by atoms with van der Waals surface area (Å²) in [5.41, 5.74) is 3.10. The lowest BCUT2D eigenvalue weighted by atomic mass is 9.93. The van der Waals surface area contributed by atoms with E-state index in [1.54, 1.807) is 43.6 Å². The largest absolute Gasteiger partial charge is 0.478 e. The minimum atomic E-state index is -0.963. The second kappa shape index (κ2) is 12.1. The van der Waals surface area contributed by atoms with Gasteiger partial charge in [-0.15, -0.1) is 0 Å². The molecule has 1 aliphatic heterocycles. The SMILES string of the molecule is COCCn1c(CN2CCC(c3ccnc(OCc4ccc(Cl)cc4F)n3)CC2)nc2ccc(C(=O)O)cc21. The molecule has 3 heterocycles. The zero-order valence-corrected chi connectivity index (χ0v) is 22.3. The minimum absolute atomic E-state index is 0.0168. The summed E-state index contributed by atoms with van der Waals surface area (Å²) in [6.07, 6.45) is 3.49. The number of halogens is 2. The maximum absolute atomic E-state index is 14.1. The summed E-state index contributed by atoms with van der Waals surface area (Å²) in [4.78, 5) is 27.4. The second-order valence-corrected chi connectivity index (χ2v) is 9.96. The van der Waals surface area contributed by atoms with E-state index in [0.717, 1.165) is 48.5 Å². The predicted molar refractivity (Wildman–Crippen MR) is 144 cm³/mol. The molecule has 0 spiro atoms. The molecule has 1 saturated heterocycles. The first kappa shape index (κ1) is 27.0. The number of carboxylic acid groups (broad SMARTS) is 1. The highest BCUT2D eigenvalue weighted by Gasteiger charge is 2.24. The van der Waals surface area contributed by atoms with E-state index in [9.17, 15) is 14.3 Å². The summed E-state index contributed by atoms with van der Waals surface area (Å²) in [7, 11) is 1.64. The van der Waals surface area contributed by atoms with Gasteiger partial charge in [-0.3, -0.25) is 4.90 Å². The fourth-order valence-electron chi connectivity index (χ4n) is 4.88. The van der Waals surface area contributed by atoms with Gasteiger partial charge in [0, 0.05) is 36.4 Å². The fraction of sp³-hybridized carbons (Fsp3) is 0.357. The maximum Gasteiger partial charge on any atom is 0.335 e. The van der Waals surface area contributed by atoms with Gasteiger partial charge < -0.3 is 19.1 Å². The average molecular weight is 554 g/mol. The van der Waals surface area contributed by atoms with Crippen LogP contribution in [0.1, 0.15) is 46.2 Å². The van der Waals surface area contributed by atoms with Crippen LogP contribution >= 0.6 is 11.6 Å². The van der Waals surface area contributed by atoms with Crippen LogP contribution < -0.4 is 4.74 Å². The average Bonchev–Trinajstić information content (AvgIpc) is 3.27. The molecule has 0 atom stereocenters. The zero-order valence-electron chi connectivity index (χ0n) is 21.5. The highest BCUT2D eigenvalue weighted by atomic mass is 35.5. The number of carbonyl (C=O) groups is 1. The highest BCUT2D eigenvalue weighted by Crippen LogP contribution is 2.29. The van der Waals surface area contributed by atoms with Gasteiger partial charge in [0.15, 0.2) is 0 Å². The number of rotatable bonds is 10. The second-order valence-electron chi connectivity index (χ2n) is 9.52. The molecule has 2 aromatic carbocycles. The van der Waals surface area contributed by atoms with Crippen molar-refractivity contribution in [3.8, 4) is 6.01 Å². The van der Waals surface area contributed by atoms with Crippen molar-refractivity contribution in [3.05, 3.63) is 82.1 Å². The van der Waals surface area contributed by atoms with Gasteiger partial charge in [-0.1, -0.05) is 17.7 Å². The number of aromatic carboxylic acids is 1. The molecular formula is C28H29ClFN5O4. The lowest BCUT2D eigenvalue weighted by Gasteiger charge is -2.31. The minimum Gasteiger partial charge on any atom is -0.478 e. The first-order chi connectivity index (χ1) is 18.9. The number of fused-ring (bicyclic) bond motifs is 1. The predicted octanol–water partition coefficient (Wildman–Crippen LogP) is 4.92. The van der Waals surface area contributed by atoms with Gasteiger partial charge in [-0.05, 0) is 62.3 Å². The molecule has 0 bridgehead atoms. The Hall–Kier alpha value is -3.60. The molecule has 39 heavy (non-hydrogen) atoms. The Kier molecular flexibility index (Phi) is 8.35. The number of likely N-dealkylation sites (tertiary alicyclic amines) is 1. The van der Waals surface area contributed by atoms with E-state index in [-0.39, 0.29) is 24.1 Å². The summed E-state index contributed by atoms with van der Waals surface area (Å²) in [5, 5.41) is 9.75. The third-order valence-corrected chi connectivity index (χ3v) is 7.23. The molecule has 4 aromatic rings. The van der Waals surface area contributed by atoms with Crippen molar-refractivity contribution in [2.45, 2.75) is 38.5 Å². The Bertz CT molecular complexity index is 1470. The van der Waals surface area contributed by atoms with Crippen LogP contribution in [0.15, 0.2) is 48.7 Å². The molecule has 204 valence electrons. The van der Waals surface area contributed by atoms with E-state index in [4.69, 9.17) is 26.1 Å². The molecule has 2 aromatic heterocycles. The highest BCUT2D eigenvalue weighted by molar-refractivity contribution is 6.30. The van der Waals surface area contributed by atoms with Crippen molar-refractivity contribution in [2.75, 3.05) is 26.8 Å². The first-order valence-corrected chi connectivity index (χ1v) is 13.1. The number of methoxy groups -OCH3 is 1. The Labute approximate surface area is 230 Å². The summed E-state index contributed by atoms with van der Waals surface area (Å²) < 4.78 is 27.1. The summed E-state index contributed by atoms with van der Waals surface area (Å²) in [6.45, 7) is 3.47. The Balaban J connectivity index is 1.23. The van der Waals surface area contributed by atoms with Crippen LogP contribution in [-0.2, 0) is 24.4 Å². The van der Waals surface area contributed by atoms with Crippen LogP contribution in [0.5, 0.6) is 6.01 Å². The van der Waals surface area contributed by atoms with E-state index in [1.807, 2.05) is 6.07 Å². The normalized spacial score (nSPS) is 14.6. The van der Waals surface area contributed by atoms with Crippen LogP contribution in [0, 0.1) is 5.82 Å². The van der Waals surface area contributed by atoms with Crippen LogP contribution in [0.3, 0.4) is 0 Å². The quantitative estimate of drug-likeness (QED) is 0.295. The topological polar surface area (TPSA) is 103 Å². The number of carboxylic acids is 1. The molecule has 0 aliphatic carbocycles. The van der Waals surface area contributed by atoms with E-state index >= 15 is 0 Å². The molecule has 0 amide bonds. The van der Waals surface area contributed by atoms with E-state index in [2.05, 4.69) is 19.4 Å². The number of benzene rings is 2. The summed E-state index contributed by atoms with van der Waals surface area (Å²) >= 11 is 5.82. The van der Waals surface area contributed by atoms with Gasteiger partial charge in [0.25, 0.3) is 0 Å². The van der Waals surface area contributed by atoms with Crippen molar-refractivity contribution >= 4 is 28.6 Å². The number of piperidine rings is 1. The van der Waals surface area contributed by atoms with Crippen molar-refractivity contribution in [1.82, 2.24) is 24.4 Å². The lowest BCUT2D eigenvalue weighted by Crippen LogP contribution is -2.33. The Morgan fingerprint density at radius 2 is 1.97 bits per heavy atom. The molecule has 1 aliphatic rings. The van der Waals surface area contributed by atoms with Gasteiger partial charge in [0.1, 0.15) is 18.2 Å². The summed E-state index contributed by atoms with van der Waals surface area (Å²) in [6, 6.07) is 11.6. The van der Waals surface area contributed by atoms with E-state index < -0.39 is 11.8 Å². The van der Waals surface area contributed by atoms with Gasteiger partial charge in [-0.25, -0.2) is 19.2 Å². The lowest BCUT2D eigenvalue weighted by molar-refractivity contribution is 0.0697. The van der Waals surface area contributed by atoms with Crippen molar-refractivity contribution in [3.63, 3.8) is 0 Å². The monoisotopic (exact) mass is 553 g/mol. The molecule has 1 fully saturated rings. The molecule has 9 nitrogen and oxygen atoms in total. The molecule has 1 N–H and O–H groups in total. The Morgan fingerprint density at radius 1 is 1.15 bits per heavy atom. The smallest absolute Gasteiger partial charge is 0.335 e. The fourth-order valence-corrected chi connectivity index (χ4v) is 5.04. The number of hydrogen-bond donors (Lipinski definition) is 1. The number of ether oxygens (including phenoxy) is 2. The third-order valence-electron chi connectivity index (χ3n) is 6.99. The first-order valence-electron chi connectivity index (χ1n) is 12.7. The van der Waals surface area contributed by atoms with Crippen molar-refractivity contribution < 1.29 is 23.8 Å². The van der Waals surface area contributed by atoms with Crippen molar-refractivity contribution in [1.29, 1.82) is 0 Å². The van der Waals surface area contributed by atoms with Gasteiger partial charge in [0.05, 0.1) is 35.4 Å². The molecule has 0 unspecified atom stereocenters.